The van der Waals surface area contributed by atoms with E-state index >= 15 is 0 Å². The van der Waals surface area contributed by atoms with Gasteiger partial charge in [0.05, 0.1) is 12.7 Å². The van der Waals surface area contributed by atoms with Gasteiger partial charge in [0.25, 0.3) is 0 Å². The van der Waals surface area contributed by atoms with Gasteiger partial charge in [-0.2, -0.15) is 0 Å². The molecule has 84 valence electrons. The summed E-state index contributed by atoms with van der Waals surface area (Å²) in [5.74, 6) is -0.972. The molecule has 0 bridgehead atoms. The van der Waals surface area contributed by atoms with Crippen LogP contribution in [0.4, 0.5) is 0 Å². The first-order valence-electron chi connectivity index (χ1n) is 4.62. The highest BCUT2D eigenvalue weighted by Gasteiger charge is 2.33. The Bertz CT molecular complexity index is 171. The van der Waals surface area contributed by atoms with Crippen LogP contribution < -0.4 is 0 Å². The van der Waals surface area contributed by atoms with Gasteiger partial charge in [-0.05, 0) is 12.3 Å². The second kappa shape index (κ2) is 6.75. The molecule has 3 atom stereocenters. The number of rotatable bonds is 2. The Kier molecular flexibility index (Phi) is 6.44. The first-order valence-corrected chi connectivity index (χ1v) is 4.62. The molecule has 0 saturated carbocycles. The summed E-state index contributed by atoms with van der Waals surface area (Å²) in [4.78, 5) is 10.6. The Morgan fingerprint density at radius 2 is 2.07 bits per heavy atom. The first-order chi connectivity index (χ1) is 6.65. The number of aliphatic hydroxyl groups is 2. The van der Waals surface area contributed by atoms with Gasteiger partial charge in [0.2, 0.25) is 0 Å². The number of carbonyl (C=O) groups is 1. The van der Waals surface area contributed by atoms with Crippen molar-refractivity contribution in [2.45, 2.75) is 32.0 Å². The van der Waals surface area contributed by atoms with Crippen molar-refractivity contribution in [1.29, 1.82) is 0 Å². The van der Waals surface area contributed by atoms with Crippen LogP contribution in [0.15, 0.2) is 0 Å². The number of carboxylic acid groups (broad SMARTS) is 1. The van der Waals surface area contributed by atoms with Gasteiger partial charge in [-0.25, -0.2) is 4.79 Å². The fraction of sp³-hybridized carbons (Fsp3) is 0.889. The minimum atomic E-state index is -0.922. The Balaban J connectivity index is 0.000000791. The van der Waals surface area contributed by atoms with E-state index in [9.17, 15) is 9.90 Å². The molecule has 0 spiro atoms. The summed E-state index contributed by atoms with van der Waals surface area (Å²) in [6.45, 7) is 2.05. The Hall–Kier alpha value is -0.650. The number of carboxylic acids is 1. The second-order valence-corrected chi connectivity index (χ2v) is 3.15. The quantitative estimate of drug-likeness (QED) is 0.585. The average Bonchev–Trinajstić information content (AvgIpc) is 2.20. The minimum Gasteiger partial charge on any atom is -0.479 e. The van der Waals surface area contributed by atoms with Crippen molar-refractivity contribution in [3.05, 3.63) is 0 Å². The first kappa shape index (κ1) is 13.4. The van der Waals surface area contributed by atoms with E-state index in [1.165, 1.54) is 0 Å². The molecule has 1 rings (SSSR count). The summed E-state index contributed by atoms with van der Waals surface area (Å²) in [5, 5.41) is 24.9. The van der Waals surface area contributed by atoms with Crippen LogP contribution in [0.2, 0.25) is 0 Å². The van der Waals surface area contributed by atoms with Gasteiger partial charge in [-0.1, -0.05) is 13.3 Å². The van der Waals surface area contributed by atoms with Crippen molar-refractivity contribution in [2.24, 2.45) is 5.92 Å². The topological polar surface area (TPSA) is 87.0 Å². The van der Waals surface area contributed by atoms with E-state index < -0.39 is 18.2 Å². The third kappa shape index (κ3) is 3.61. The molecule has 3 unspecified atom stereocenters. The number of aliphatic hydroxyl groups excluding tert-OH is 2. The van der Waals surface area contributed by atoms with Crippen LogP contribution in [-0.4, -0.2) is 47.2 Å². The normalized spacial score (nSPS) is 31.6. The van der Waals surface area contributed by atoms with Gasteiger partial charge in [0.15, 0.2) is 6.10 Å². The van der Waals surface area contributed by atoms with Gasteiger partial charge >= 0.3 is 5.97 Å². The molecule has 0 aliphatic carbocycles. The van der Waals surface area contributed by atoms with Crippen LogP contribution >= 0.6 is 0 Å². The maximum Gasteiger partial charge on any atom is 0.333 e. The third-order valence-electron chi connectivity index (χ3n) is 2.24. The molecular weight excluding hydrogens is 188 g/mol. The summed E-state index contributed by atoms with van der Waals surface area (Å²) in [5.41, 5.74) is 0. The molecule has 3 N–H and O–H groups in total. The summed E-state index contributed by atoms with van der Waals surface area (Å²) < 4.78 is 5.01. The summed E-state index contributed by atoms with van der Waals surface area (Å²) in [7, 11) is 1.00. The van der Waals surface area contributed by atoms with E-state index in [1.54, 1.807) is 0 Å². The molecule has 14 heavy (non-hydrogen) atoms. The van der Waals surface area contributed by atoms with Gasteiger partial charge < -0.3 is 20.1 Å². The Morgan fingerprint density at radius 1 is 1.50 bits per heavy atom. The number of aliphatic carboxylic acids is 1. The molecule has 0 aromatic heterocycles. The number of hydrogen-bond acceptors (Lipinski definition) is 4. The molecular formula is C9H18O5. The summed E-state index contributed by atoms with van der Waals surface area (Å²) in [6, 6.07) is 0. The Morgan fingerprint density at radius 3 is 2.50 bits per heavy atom. The molecule has 1 heterocycles. The predicted molar refractivity (Wildman–Crippen MR) is 49.9 cm³/mol. The maximum absolute atomic E-state index is 10.6. The van der Waals surface area contributed by atoms with E-state index in [-0.39, 0.29) is 12.5 Å². The molecule has 1 fully saturated rings. The van der Waals surface area contributed by atoms with E-state index in [1.807, 2.05) is 6.92 Å². The van der Waals surface area contributed by atoms with E-state index in [4.69, 9.17) is 14.9 Å². The molecule has 0 amide bonds. The maximum atomic E-state index is 10.6. The smallest absolute Gasteiger partial charge is 0.333 e. The van der Waals surface area contributed by atoms with Crippen molar-refractivity contribution < 1.29 is 24.9 Å². The largest absolute Gasteiger partial charge is 0.479 e. The molecule has 1 aliphatic heterocycles. The van der Waals surface area contributed by atoms with Crippen molar-refractivity contribution >= 4 is 5.97 Å². The lowest BCUT2D eigenvalue weighted by Crippen LogP contribution is -2.41. The highest BCUT2D eigenvalue weighted by atomic mass is 16.5. The van der Waals surface area contributed by atoms with Crippen LogP contribution in [0.1, 0.15) is 19.8 Å². The predicted octanol–water partition coefficient (Wildman–Crippen LogP) is -0.145. The van der Waals surface area contributed by atoms with Gasteiger partial charge in [0.1, 0.15) is 0 Å². The standard InChI is InChI=1S/C8H14O4.CH4O/c1-2-5-3-6(9)4-12-7(5)8(10)11;1-2/h5-7,9H,2-4H2,1H3,(H,10,11);2H,1H3. The van der Waals surface area contributed by atoms with E-state index in [2.05, 4.69) is 0 Å². The summed E-state index contributed by atoms with van der Waals surface area (Å²) in [6.07, 6.45) is 0.0468. The summed E-state index contributed by atoms with van der Waals surface area (Å²) >= 11 is 0. The lowest BCUT2D eigenvalue weighted by Gasteiger charge is -2.30. The number of hydrogen-bond donors (Lipinski definition) is 3. The van der Waals surface area contributed by atoms with Crippen LogP contribution in [-0.2, 0) is 9.53 Å². The molecule has 1 aliphatic rings. The Labute approximate surface area is 83.3 Å². The van der Waals surface area contributed by atoms with Crippen LogP contribution in [0.25, 0.3) is 0 Å². The van der Waals surface area contributed by atoms with E-state index in [0.717, 1.165) is 13.5 Å². The molecule has 0 radical (unpaired) electrons. The average molecular weight is 206 g/mol. The highest BCUT2D eigenvalue weighted by molar-refractivity contribution is 5.72. The van der Waals surface area contributed by atoms with Crippen molar-refractivity contribution in [3.63, 3.8) is 0 Å². The molecule has 0 aromatic rings. The van der Waals surface area contributed by atoms with Crippen molar-refractivity contribution in [3.8, 4) is 0 Å². The van der Waals surface area contributed by atoms with Gasteiger partial charge in [0, 0.05) is 7.11 Å². The van der Waals surface area contributed by atoms with Crippen molar-refractivity contribution in [2.75, 3.05) is 13.7 Å². The zero-order valence-corrected chi connectivity index (χ0v) is 8.51. The molecule has 1 saturated heterocycles. The monoisotopic (exact) mass is 206 g/mol. The van der Waals surface area contributed by atoms with Gasteiger partial charge in [-0.15, -0.1) is 0 Å². The lowest BCUT2D eigenvalue weighted by atomic mass is 9.90. The highest BCUT2D eigenvalue weighted by Crippen LogP contribution is 2.23. The van der Waals surface area contributed by atoms with Crippen LogP contribution in [0.5, 0.6) is 0 Å². The minimum absolute atomic E-state index is 0.0498. The van der Waals surface area contributed by atoms with Crippen LogP contribution in [0.3, 0.4) is 0 Å². The lowest BCUT2D eigenvalue weighted by molar-refractivity contribution is -0.165. The fourth-order valence-electron chi connectivity index (χ4n) is 1.55. The van der Waals surface area contributed by atoms with Crippen molar-refractivity contribution in [1.82, 2.24) is 0 Å². The molecule has 0 aromatic carbocycles. The van der Waals surface area contributed by atoms with Crippen LogP contribution in [0, 0.1) is 5.92 Å². The van der Waals surface area contributed by atoms with Gasteiger partial charge in [-0.3, -0.25) is 0 Å². The third-order valence-corrected chi connectivity index (χ3v) is 2.24. The fourth-order valence-corrected chi connectivity index (χ4v) is 1.55. The zero-order chi connectivity index (χ0) is 11.1. The zero-order valence-electron chi connectivity index (χ0n) is 8.51. The number of ether oxygens (including phenoxy) is 1. The molecule has 5 heteroatoms. The molecule has 5 nitrogen and oxygen atoms in total. The second-order valence-electron chi connectivity index (χ2n) is 3.15. The van der Waals surface area contributed by atoms with E-state index in [0.29, 0.717) is 6.42 Å². The SMILES string of the molecule is CCC1CC(O)COC1C(=O)O.CO.